The molecule has 0 saturated carbocycles. The highest BCUT2D eigenvalue weighted by Gasteiger charge is 2.17. The maximum atomic E-state index is 6.32. The Bertz CT molecular complexity index is 569. The summed E-state index contributed by atoms with van der Waals surface area (Å²) < 4.78 is 0. The molecule has 0 saturated heterocycles. The maximum Gasteiger partial charge on any atom is 0.0608 e. The summed E-state index contributed by atoms with van der Waals surface area (Å²) in [6.45, 7) is 5.33. The molecule has 1 heterocycles. The van der Waals surface area contributed by atoms with Crippen LogP contribution in [-0.2, 0) is 12.8 Å². The van der Waals surface area contributed by atoms with E-state index in [-0.39, 0.29) is 6.04 Å². The van der Waals surface area contributed by atoms with Crippen molar-refractivity contribution in [3.8, 4) is 0 Å². The quantitative estimate of drug-likeness (QED) is 0.809. The molecule has 1 aromatic carbocycles. The SMILES string of the molecule is CCCNC(Cc1ccccc1Cl)c1ncccc1CC. The number of halogens is 1. The van der Waals surface area contributed by atoms with Gasteiger partial charge in [0.25, 0.3) is 0 Å². The Morgan fingerprint density at radius 1 is 1.10 bits per heavy atom. The van der Waals surface area contributed by atoms with Gasteiger partial charge in [-0.25, -0.2) is 0 Å². The Kier molecular flexibility index (Phi) is 6.21. The molecular formula is C18H23ClN2. The molecule has 1 N–H and O–H groups in total. The van der Waals surface area contributed by atoms with Crippen LogP contribution in [0, 0.1) is 0 Å². The lowest BCUT2D eigenvalue weighted by Crippen LogP contribution is -2.26. The van der Waals surface area contributed by atoms with Gasteiger partial charge in [-0.3, -0.25) is 4.98 Å². The monoisotopic (exact) mass is 302 g/mol. The first-order chi connectivity index (χ1) is 10.3. The number of aromatic nitrogens is 1. The minimum Gasteiger partial charge on any atom is -0.308 e. The molecule has 2 aromatic rings. The first-order valence-electron chi connectivity index (χ1n) is 7.66. The second kappa shape index (κ2) is 8.16. The Balaban J connectivity index is 2.28. The number of pyridine rings is 1. The van der Waals surface area contributed by atoms with Gasteiger partial charge >= 0.3 is 0 Å². The van der Waals surface area contributed by atoms with Gasteiger partial charge < -0.3 is 5.32 Å². The highest BCUT2D eigenvalue weighted by Crippen LogP contribution is 2.24. The second-order valence-corrected chi connectivity index (χ2v) is 5.61. The number of benzene rings is 1. The zero-order valence-corrected chi connectivity index (χ0v) is 13.5. The molecule has 0 aliphatic carbocycles. The molecule has 1 unspecified atom stereocenters. The summed E-state index contributed by atoms with van der Waals surface area (Å²) in [5.41, 5.74) is 3.62. The van der Waals surface area contributed by atoms with Crippen LogP contribution < -0.4 is 5.32 Å². The molecule has 0 aliphatic rings. The summed E-state index contributed by atoms with van der Waals surface area (Å²) in [4.78, 5) is 4.62. The fourth-order valence-electron chi connectivity index (χ4n) is 2.53. The van der Waals surface area contributed by atoms with Crippen molar-refractivity contribution in [3.63, 3.8) is 0 Å². The molecule has 0 radical (unpaired) electrons. The highest BCUT2D eigenvalue weighted by atomic mass is 35.5. The predicted octanol–water partition coefficient (Wildman–Crippen LogP) is 4.58. The largest absolute Gasteiger partial charge is 0.308 e. The average molecular weight is 303 g/mol. The second-order valence-electron chi connectivity index (χ2n) is 5.20. The summed E-state index contributed by atoms with van der Waals surface area (Å²) in [6.07, 6.45) is 4.84. The van der Waals surface area contributed by atoms with Gasteiger partial charge in [0.05, 0.1) is 11.7 Å². The van der Waals surface area contributed by atoms with E-state index in [0.29, 0.717) is 0 Å². The third-order valence-corrected chi connectivity index (χ3v) is 4.03. The lowest BCUT2D eigenvalue weighted by Gasteiger charge is -2.21. The van der Waals surface area contributed by atoms with Gasteiger partial charge in [-0.1, -0.05) is 49.7 Å². The summed E-state index contributed by atoms with van der Waals surface area (Å²) in [7, 11) is 0. The van der Waals surface area contributed by atoms with Crippen molar-refractivity contribution >= 4 is 11.6 Å². The summed E-state index contributed by atoms with van der Waals surface area (Å²) in [6, 6.07) is 12.4. The molecule has 112 valence electrons. The third kappa shape index (κ3) is 4.29. The number of nitrogens with one attached hydrogen (secondary N) is 1. The Morgan fingerprint density at radius 2 is 1.86 bits per heavy atom. The van der Waals surface area contributed by atoms with Gasteiger partial charge in [-0.15, -0.1) is 0 Å². The molecule has 21 heavy (non-hydrogen) atoms. The fourth-order valence-corrected chi connectivity index (χ4v) is 2.74. The van der Waals surface area contributed by atoms with E-state index < -0.39 is 0 Å². The van der Waals surface area contributed by atoms with Gasteiger partial charge in [0.1, 0.15) is 0 Å². The van der Waals surface area contributed by atoms with E-state index in [1.54, 1.807) is 0 Å². The van der Waals surface area contributed by atoms with Gasteiger partial charge in [-0.05, 0) is 49.1 Å². The van der Waals surface area contributed by atoms with Crippen molar-refractivity contribution < 1.29 is 0 Å². The molecule has 3 heteroatoms. The predicted molar refractivity (Wildman–Crippen MR) is 89.8 cm³/mol. The van der Waals surface area contributed by atoms with Crippen molar-refractivity contribution in [1.29, 1.82) is 0 Å². The molecule has 1 atom stereocenters. The van der Waals surface area contributed by atoms with E-state index in [1.807, 2.05) is 30.5 Å². The van der Waals surface area contributed by atoms with Crippen molar-refractivity contribution in [2.45, 2.75) is 39.2 Å². The van der Waals surface area contributed by atoms with Gasteiger partial charge in [0.15, 0.2) is 0 Å². The molecule has 2 nitrogen and oxygen atoms in total. The minimum atomic E-state index is 0.209. The molecule has 0 amide bonds. The number of rotatable bonds is 7. The first-order valence-corrected chi connectivity index (χ1v) is 8.04. The molecule has 2 rings (SSSR count). The van der Waals surface area contributed by atoms with Crippen LogP contribution in [0.15, 0.2) is 42.6 Å². The van der Waals surface area contributed by atoms with Crippen LogP contribution in [0.3, 0.4) is 0 Å². The van der Waals surface area contributed by atoms with Crippen LogP contribution in [0.5, 0.6) is 0 Å². The van der Waals surface area contributed by atoms with Crippen LogP contribution >= 0.6 is 11.6 Å². The minimum absolute atomic E-state index is 0.209. The van der Waals surface area contributed by atoms with Gasteiger partial charge in [-0.2, -0.15) is 0 Å². The van der Waals surface area contributed by atoms with E-state index >= 15 is 0 Å². The smallest absolute Gasteiger partial charge is 0.0608 e. The third-order valence-electron chi connectivity index (χ3n) is 3.66. The number of hydrogen-bond acceptors (Lipinski definition) is 2. The van der Waals surface area contributed by atoms with Crippen LogP contribution in [0.25, 0.3) is 0 Å². The van der Waals surface area contributed by atoms with E-state index in [0.717, 1.165) is 36.5 Å². The Labute approximate surface area is 132 Å². The van der Waals surface area contributed by atoms with Crippen molar-refractivity contribution in [1.82, 2.24) is 10.3 Å². The van der Waals surface area contributed by atoms with Crippen LogP contribution in [0.4, 0.5) is 0 Å². The Morgan fingerprint density at radius 3 is 2.57 bits per heavy atom. The summed E-state index contributed by atoms with van der Waals surface area (Å²) in [5.74, 6) is 0. The summed E-state index contributed by atoms with van der Waals surface area (Å²) >= 11 is 6.32. The highest BCUT2D eigenvalue weighted by molar-refractivity contribution is 6.31. The topological polar surface area (TPSA) is 24.9 Å². The molecule has 0 aliphatic heterocycles. The lowest BCUT2D eigenvalue weighted by atomic mass is 9.98. The van der Waals surface area contributed by atoms with Crippen molar-refractivity contribution in [3.05, 3.63) is 64.4 Å². The van der Waals surface area contributed by atoms with E-state index in [1.165, 1.54) is 11.1 Å². The maximum absolute atomic E-state index is 6.32. The van der Waals surface area contributed by atoms with Crippen molar-refractivity contribution in [2.24, 2.45) is 0 Å². The van der Waals surface area contributed by atoms with Crippen molar-refractivity contribution in [2.75, 3.05) is 6.54 Å². The van der Waals surface area contributed by atoms with Crippen LogP contribution in [0.1, 0.15) is 43.1 Å². The lowest BCUT2D eigenvalue weighted by molar-refractivity contribution is 0.514. The molecule has 0 fully saturated rings. The van der Waals surface area contributed by atoms with E-state index in [2.05, 4.69) is 36.3 Å². The zero-order valence-electron chi connectivity index (χ0n) is 12.8. The van der Waals surface area contributed by atoms with E-state index in [4.69, 9.17) is 11.6 Å². The Hall–Kier alpha value is -1.38. The van der Waals surface area contributed by atoms with Gasteiger partial charge in [0, 0.05) is 11.2 Å². The normalized spacial score (nSPS) is 12.3. The standard InChI is InChI=1S/C18H23ClN2/c1-3-11-20-17(13-15-8-5-6-10-16(15)19)18-14(4-2)9-7-12-21-18/h5-10,12,17,20H,3-4,11,13H2,1-2H3. The number of nitrogens with zero attached hydrogens (tertiary/aromatic N) is 1. The summed E-state index contributed by atoms with van der Waals surface area (Å²) in [5, 5.41) is 4.44. The average Bonchev–Trinajstić information content (AvgIpc) is 2.53. The number of hydrogen-bond donors (Lipinski definition) is 1. The molecule has 0 spiro atoms. The molecule has 0 bridgehead atoms. The molecular weight excluding hydrogens is 280 g/mol. The first kappa shape index (κ1) is 16.0. The van der Waals surface area contributed by atoms with Crippen LogP contribution in [-0.4, -0.2) is 11.5 Å². The van der Waals surface area contributed by atoms with Crippen LogP contribution in [0.2, 0.25) is 5.02 Å². The number of aryl methyl sites for hydroxylation is 1. The zero-order chi connectivity index (χ0) is 15.1. The van der Waals surface area contributed by atoms with Gasteiger partial charge in [0.2, 0.25) is 0 Å². The van der Waals surface area contributed by atoms with E-state index in [9.17, 15) is 0 Å². The fraction of sp³-hybridized carbons (Fsp3) is 0.389. The molecule has 1 aromatic heterocycles.